The van der Waals surface area contributed by atoms with Crippen molar-refractivity contribution in [2.24, 2.45) is 0 Å². The van der Waals surface area contributed by atoms with Crippen molar-refractivity contribution >= 4 is 28.9 Å². The van der Waals surface area contributed by atoms with Crippen LogP contribution in [0.4, 0.5) is 0 Å². The predicted octanol–water partition coefficient (Wildman–Crippen LogP) is 1.57. The van der Waals surface area contributed by atoms with Crippen LogP contribution in [0.5, 0.6) is 0 Å². The van der Waals surface area contributed by atoms with Crippen molar-refractivity contribution in [1.82, 2.24) is 43.8 Å². The Morgan fingerprint density at radius 2 is 1.58 bits per heavy atom. The highest BCUT2D eigenvalue weighted by Crippen LogP contribution is 2.19. The van der Waals surface area contributed by atoms with Crippen LogP contribution >= 0.6 is 11.6 Å². The molecule has 5 rings (SSSR count). The highest BCUT2D eigenvalue weighted by atomic mass is 35.5. The van der Waals surface area contributed by atoms with Crippen LogP contribution in [0.2, 0.25) is 5.28 Å². The molecule has 0 radical (unpaired) electrons. The fourth-order valence-electron chi connectivity index (χ4n) is 2.71. The average molecular weight is 365 g/mol. The first kappa shape index (κ1) is 14.7. The van der Waals surface area contributed by atoms with Crippen molar-refractivity contribution in [3.63, 3.8) is 0 Å². The van der Waals surface area contributed by atoms with E-state index in [-0.39, 0.29) is 5.28 Å². The number of halogens is 1. The molecule has 0 aliphatic rings. The summed E-state index contributed by atoms with van der Waals surface area (Å²) in [6, 6.07) is 9.09. The van der Waals surface area contributed by atoms with Crippen molar-refractivity contribution in [3.8, 4) is 17.5 Å². The average Bonchev–Trinajstić information content (AvgIpc) is 3.36. The lowest BCUT2D eigenvalue weighted by atomic mass is 10.1. The topological polar surface area (TPSA) is 114 Å². The summed E-state index contributed by atoms with van der Waals surface area (Å²) in [5, 5.41) is 22.2. The molecule has 0 amide bonds. The minimum atomic E-state index is 0.0795. The maximum Gasteiger partial charge on any atom is 0.261 e. The monoisotopic (exact) mass is 364 g/mol. The zero-order chi connectivity index (χ0) is 17.8. The Bertz CT molecular complexity index is 1330. The minimum absolute atomic E-state index is 0.0795. The molecule has 5 aromatic rings. The molecule has 1 aromatic carbocycles. The van der Waals surface area contributed by atoms with Crippen molar-refractivity contribution in [1.29, 1.82) is 5.26 Å². The number of hydrogen-bond acceptors (Lipinski definition) is 7. The van der Waals surface area contributed by atoms with Gasteiger partial charge in [0.05, 0.1) is 11.6 Å². The van der Waals surface area contributed by atoms with E-state index in [4.69, 9.17) is 16.9 Å². The van der Waals surface area contributed by atoms with Gasteiger partial charge in [-0.1, -0.05) is 6.92 Å². The second-order valence-electron chi connectivity index (χ2n) is 5.52. The van der Waals surface area contributed by atoms with Gasteiger partial charge in [0, 0.05) is 12.0 Å². The van der Waals surface area contributed by atoms with Crippen LogP contribution in [0.25, 0.3) is 28.7 Å². The molecular weight excluding hydrogens is 356 g/mol. The summed E-state index contributed by atoms with van der Waals surface area (Å²) in [5.41, 5.74) is 1.33. The summed E-state index contributed by atoms with van der Waals surface area (Å²) in [5.74, 6) is 2.41. The van der Waals surface area contributed by atoms with Gasteiger partial charge in [-0.3, -0.25) is 0 Å². The van der Waals surface area contributed by atoms with Crippen LogP contribution in [0.15, 0.2) is 24.3 Å². The quantitative estimate of drug-likeness (QED) is 0.467. The van der Waals surface area contributed by atoms with Gasteiger partial charge in [0.2, 0.25) is 5.28 Å². The SMILES string of the molecule is CCc1nc2n3nc(Cl)nc3n3nc(-c4ccc(C#N)cc4)nc3n2n1. The number of aromatic nitrogens is 9. The Kier molecular flexibility index (Phi) is 2.95. The van der Waals surface area contributed by atoms with Gasteiger partial charge in [-0.15, -0.1) is 15.3 Å². The van der Waals surface area contributed by atoms with Gasteiger partial charge in [-0.05, 0) is 35.9 Å². The molecule has 10 nitrogen and oxygen atoms in total. The van der Waals surface area contributed by atoms with E-state index in [1.807, 2.05) is 6.92 Å². The largest absolute Gasteiger partial charge is 0.261 e. The van der Waals surface area contributed by atoms with E-state index in [1.54, 1.807) is 28.8 Å². The Balaban J connectivity index is 1.86. The third kappa shape index (κ3) is 1.98. The molecule has 0 saturated carbocycles. The summed E-state index contributed by atoms with van der Waals surface area (Å²) in [6.07, 6.45) is 0.661. The fraction of sp³-hybridized carbons (Fsp3) is 0.133. The predicted molar refractivity (Wildman–Crippen MR) is 90.6 cm³/mol. The maximum absolute atomic E-state index is 8.94. The lowest BCUT2D eigenvalue weighted by Crippen LogP contribution is -2.06. The summed E-state index contributed by atoms with van der Waals surface area (Å²) in [7, 11) is 0. The summed E-state index contributed by atoms with van der Waals surface area (Å²) in [4.78, 5) is 13.3. The Morgan fingerprint density at radius 3 is 2.31 bits per heavy atom. The lowest BCUT2D eigenvalue weighted by Gasteiger charge is -1.97. The zero-order valence-corrected chi connectivity index (χ0v) is 14.1. The van der Waals surface area contributed by atoms with E-state index in [9.17, 15) is 0 Å². The highest BCUT2D eigenvalue weighted by molar-refractivity contribution is 6.28. The zero-order valence-electron chi connectivity index (χ0n) is 13.4. The fourth-order valence-corrected chi connectivity index (χ4v) is 2.86. The number of nitrogens with zero attached hydrogens (tertiary/aromatic N) is 10. The van der Waals surface area contributed by atoms with Crippen molar-refractivity contribution in [2.75, 3.05) is 0 Å². The van der Waals surface area contributed by atoms with Crippen molar-refractivity contribution < 1.29 is 0 Å². The van der Waals surface area contributed by atoms with Gasteiger partial charge in [0.25, 0.3) is 17.3 Å². The molecular formula is C15H9ClN10. The number of rotatable bonds is 2. The van der Waals surface area contributed by atoms with Gasteiger partial charge in [0.15, 0.2) is 11.6 Å². The normalized spacial score (nSPS) is 11.6. The number of fused-ring (bicyclic) bond motifs is 6. The van der Waals surface area contributed by atoms with Crippen LogP contribution in [0, 0.1) is 11.3 Å². The molecule has 0 fully saturated rings. The highest BCUT2D eigenvalue weighted by Gasteiger charge is 2.19. The van der Waals surface area contributed by atoms with E-state index >= 15 is 0 Å². The number of aryl methyl sites for hydroxylation is 1. The molecule has 4 heterocycles. The molecule has 0 N–H and O–H groups in total. The van der Waals surface area contributed by atoms with Crippen LogP contribution < -0.4 is 0 Å². The smallest absolute Gasteiger partial charge is 0.194 e. The van der Waals surface area contributed by atoms with Gasteiger partial charge in [-0.25, -0.2) is 0 Å². The van der Waals surface area contributed by atoms with E-state index in [0.29, 0.717) is 41.0 Å². The molecule has 0 spiro atoms. The van der Waals surface area contributed by atoms with Crippen LogP contribution in [0.1, 0.15) is 18.3 Å². The Hall–Kier alpha value is -3.58. The van der Waals surface area contributed by atoms with Gasteiger partial charge >= 0.3 is 0 Å². The van der Waals surface area contributed by atoms with Crippen LogP contribution in [-0.2, 0) is 6.42 Å². The third-order valence-corrected chi connectivity index (χ3v) is 4.11. The third-order valence-electron chi connectivity index (χ3n) is 3.94. The summed E-state index contributed by atoms with van der Waals surface area (Å²) < 4.78 is 4.57. The number of nitriles is 1. The van der Waals surface area contributed by atoms with Crippen molar-refractivity contribution in [2.45, 2.75) is 13.3 Å². The first-order valence-electron chi connectivity index (χ1n) is 7.75. The molecule has 126 valence electrons. The second kappa shape index (κ2) is 5.21. The van der Waals surface area contributed by atoms with Gasteiger partial charge in [0.1, 0.15) is 0 Å². The molecule has 0 bridgehead atoms. The number of hydrogen-bond donors (Lipinski definition) is 0. The molecule has 11 heteroatoms. The van der Waals surface area contributed by atoms with E-state index in [2.05, 4.69) is 36.3 Å². The first-order valence-corrected chi connectivity index (χ1v) is 8.13. The summed E-state index contributed by atoms with van der Waals surface area (Å²) in [6.45, 7) is 1.96. The first-order chi connectivity index (χ1) is 12.7. The Morgan fingerprint density at radius 1 is 0.923 bits per heavy atom. The molecule has 26 heavy (non-hydrogen) atoms. The van der Waals surface area contributed by atoms with Gasteiger partial charge < -0.3 is 0 Å². The molecule has 0 saturated heterocycles. The van der Waals surface area contributed by atoms with Crippen molar-refractivity contribution in [3.05, 3.63) is 40.9 Å². The lowest BCUT2D eigenvalue weighted by molar-refractivity contribution is 0.809. The molecule has 0 atom stereocenters. The molecule has 0 aliphatic carbocycles. The molecule has 4 aromatic heterocycles. The minimum Gasteiger partial charge on any atom is -0.194 e. The Labute approximate surface area is 150 Å². The second-order valence-corrected chi connectivity index (χ2v) is 5.86. The molecule has 0 unspecified atom stereocenters. The van der Waals surface area contributed by atoms with E-state index in [0.717, 1.165) is 5.56 Å². The van der Waals surface area contributed by atoms with E-state index < -0.39 is 0 Å². The molecule has 0 aliphatic heterocycles. The summed E-state index contributed by atoms with van der Waals surface area (Å²) >= 11 is 5.99. The maximum atomic E-state index is 8.94. The van der Waals surface area contributed by atoms with Crippen LogP contribution in [0.3, 0.4) is 0 Å². The number of benzene rings is 1. The van der Waals surface area contributed by atoms with E-state index in [1.165, 1.54) is 9.03 Å². The van der Waals surface area contributed by atoms with Crippen LogP contribution in [-0.4, -0.2) is 43.8 Å². The standard InChI is InChI=1S/C15H9ClN10/c1-2-10-18-13-24(21-10)14-19-11(9-5-3-8(7-17)4-6-9)22-25(14)15-20-12(16)23-26(13)15/h3-6H,2H2,1H3. The van der Waals surface area contributed by atoms with Gasteiger partial charge in [-0.2, -0.15) is 33.8 Å².